The Morgan fingerprint density at radius 3 is 2.77 bits per heavy atom. The third kappa shape index (κ3) is 4.59. The van der Waals surface area contributed by atoms with Crippen molar-refractivity contribution in [2.75, 3.05) is 31.6 Å². The molecule has 166 valence electrons. The van der Waals surface area contributed by atoms with Gasteiger partial charge in [0.1, 0.15) is 5.75 Å². The van der Waals surface area contributed by atoms with Crippen LogP contribution in [0.5, 0.6) is 5.75 Å². The molecule has 2 aromatic heterocycles. The second-order valence-corrected chi connectivity index (χ2v) is 7.73. The van der Waals surface area contributed by atoms with E-state index in [1.165, 1.54) is 6.92 Å². The molecular weight excluding hydrogens is 413 g/mol. The number of aromatic nitrogens is 2. The van der Waals surface area contributed by atoms with Crippen LogP contribution in [0.4, 0.5) is 19.2 Å². The Balaban J connectivity index is 1.58. The number of halogens is 3. The molecule has 0 aliphatic carbocycles. The molecule has 1 saturated heterocycles. The number of likely N-dealkylation sites (tertiary alicyclic amines) is 1. The molecule has 0 bridgehead atoms. The van der Waals surface area contributed by atoms with Crippen molar-refractivity contribution in [3.8, 4) is 17.0 Å². The Morgan fingerprint density at radius 2 is 2.06 bits per heavy atom. The minimum atomic E-state index is -4.54. The Bertz CT molecular complexity index is 1060. The largest absolute Gasteiger partial charge is 0.507 e. The van der Waals surface area contributed by atoms with Gasteiger partial charge in [-0.3, -0.25) is 4.90 Å². The Morgan fingerprint density at radius 1 is 1.26 bits per heavy atom. The first-order valence-corrected chi connectivity index (χ1v) is 10.0. The van der Waals surface area contributed by atoms with E-state index in [4.69, 9.17) is 9.52 Å². The van der Waals surface area contributed by atoms with E-state index < -0.39 is 17.5 Å². The van der Waals surface area contributed by atoms with Crippen molar-refractivity contribution < 1.29 is 27.8 Å². The maximum Gasteiger partial charge on any atom is 0.416 e. The molecule has 1 fully saturated rings. The number of pyridine rings is 1. The Kier molecular flexibility index (Phi) is 5.76. The van der Waals surface area contributed by atoms with Gasteiger partial charge >= 0.3 is 6.18 Å². The van der Waals surface area contributed by atoms with Crippen molar-refractivity contribution in [3.63, 3.8) is 0 Å². The molecule has 0 spiro atoms. The number of oxazole rings is 1. The summed E-state index contributed by atoms with van der Waals surface area (Å²) in [5, 5.41) is 22.6. The number of phenols is 1. The Hall–Kier alpha value is -2.85. The van der Waals surface area contributed by atoms with Gasteiger partial charge in [0.05, 0.1) is 17.9 Å². The van der Waals surface area contributed by atoms with Gasteiger partial charge in [-0.25, -0.2) is 4.98 Å². The van der Waals surface area contributed by atoms with Gasteiger partial charge in [0.2, 0.25) is 5.65 Å². The quantitative estimate of drug-likeness (QED) is 0.560. The number of nitrogens with one attached hydrogen (secondary N) is 1. The summed E-state index contributed by atoms with van der Waals surface area (Å²) in [6.07, 6.45) is -2.61. The van der Waals surface area contributed by atoms with Crippen LogP contribution in [-0.2, 0) is 6.18 Å². The molecule has 1 aliphatic rings. The number of β-amino-alcohol motifs (C(OH)–C–C–N with tert-alkyl or cyclic N) is 1. The molecule has 4 rings (SSSR count). The van der Waals surface area contributed by atoms with E-state index in [0.717, 1.165) is 32.0 Å². The third-order valence-corrected chi connectivity index (χ3v) is 5.40. The third-order valence-electron chi connectivity index (χ3n) is 5.40. The normalized spacial score (nSPS) is 17.9. The van der Waals surface area contributed by atoms with Gasteiger partial charge in [0, 0.05) is 24.7 Å². The molecule has 1 aromatic carbocycles. The van der Waals surface area contributed by atoms with Gasteiger partial charge in [-0.05, 0) is 56.1 Å². The van der Waals surface area contributed by atoms with Crippen LogP contribution in [-0.4, -0.2) is 57.4 Å². The van der Waals surface area contributed by atoms with E-state index >= 15 is 0 Å². The number of hydrogen-bond donors (Lipinski definition) is 3. The molecule has 10 heteroatoms. The summed E-state index contributed by atoms with van der Waals surface area (Å²) in [6, 6.07) is 5.32. The summed E-state index contributed by atoms with van der Waals surface area (Å²) in [6.45, 7) is 3.92. The molecule has 0 amide bonds. The number of aliphatic hydroxyl groups is 1. The van der Waals surface area contributed by atoms with E-state index in [9.17, 15) is 18.3 Å². The molecule has 7 nitrogen and oxygen atoms in total. The van der Waals surface area contributed by atoms with Crippen molar-refractivity contribution >= 4 is 17.2 Å². The van der Waals surface area contributed by atoms with Crippen LogP contribution in [0.1, 0.15) is 24.0 Å². The highest BCUT2D eigenvalue weighted by Crippen LogP contribution is 2.39. The van der Waals surface area contributed by atoms with Crippen molar-refractivity contribution in [2.24, 2.45) is 0 Å². The molecular formula is C21H23F3N4O3. The van der Waals surface area contributed by atoms with Crippen LogP contribution in [0.25, 0.3) is 22.5 Å². The summed E-state index contributed by atoms with van der Waals surface area (Å²) in [5.74, 6) is -0.493. The lowest BCUT2D eigenvalue weighted by Crippen LogP contribution is -2.43. The number of aromatic hydroxyl groups is 1. The summed E-state index contributed by atoms with van der Waals surface area (Å²) < 4.78 is 44.7. The molecule has 1 atom stereocenters. The molecule has 0 saturated carbocycles. The summed E-state index contributed by atoms with van der Waals surface area (Å²) in [7, 11) is 0. The molecule has 3 heterocycles. The standard InChI is InChI=1S/C21H23F3N4O3/c1-12-9-13(21(22,23)24)10-16(30)18(12)15-4-5-17-19(26-15)27-20(31-17)25-14-3-2-6-28(11-14)7-8-29/h4-5,9-10,14,29-30H,2-3,6-8,11H2,1H3,(H,25,26,27)/t14-/m1/s1. The fraction of sp³-hybridized carbons (Fsp3) is 0.429. The summed E-state index contributed by atoms with van der Waals surface area (Å²) >= 11 is 0. The average molecular weight is 436 g/mol. The lowest BCUT2D eigenvalue weighted by Gasteiger charge is -2.32. The highest BCUT2D eigenvalue weighted by Gasteiger charge is 2.32. The van der Waals surface area contributed by atoms with Crippen molar-refractivity contribution in [1.29, 1.82) is 0 Å². The van der Waals surface area contributed by atoms with Crippen LogP contribution in [0.15, 0.2) is 28.7 Å². The number of benzene rings is 1. The van der Waals surface area contributed by atoms with Crippen molar-refractivity contribution in [1.82, 2.24) is 14.9 Å². The molecule has 31 heavy (non-hydrogen) atoms. The predicted octanol–water partition coefficient (Wildman–Crippen LogP) is 3.79. The van der Waals surface area contributed by atoms with Gasteiger partial charge in [0.25, 0.3) is 6.01 Å². The fourth-order valence-electron chi connectivity index (χ4n) is 3.98. The monoisotopic (exact) mass is 436 g/mol. The zero-order valence-corrected chi connectivity index (χ0v) is 16.9. The summed E-state index contributed by atoms with van der Waals surface area (Å²) in [5.41, 5.74) is 0.595. The highest BCUT2D eigenvalue weighted by atomic mass is 19.4. The zero-order chi connectivity index (χ0) is 22.2. The number of hydrogen-bond acceptors (Lipinski definition) is 7. The van der Waals surface area contributed by atoms with Crippen LogP contribution >= 0.6 is 0 Å². The maximum absolute atomic E-state index is 13.0. The summed E-state index contributed by atoms with van der Waals surface area (Å²) in [4.78, 5) is 10.9. The number of nitrogens with zero attached hydrogens (tertiary/aromatic N) is 3. The van der Waals surface area contributed by atoms with Crippen LogP contribution in [0, 0.1) is 6.92 Å². The van der Waals surface area contributed by atoms with E-state index in [0.29, 0.717) is 35.5 Å². The maximum atomic E-state index is 13.0. The van der Waals surface area contributed by atoms with E-state index in [-0.39, 0.29) is 23.8 Å². The topological polar surface area (TPSA) is 94.7 Å². The van der Waals surface area contributed by atoms with Crippen molar-refractivity contribution in [2.45, 2.75) is 32.0 Å². The van der Waals surface area contributed by atoms with Crippen LogP contribution in [0.2, 0.25) is 0 Å². The van der Waals surface area contributed by atoms with Gasteiger partial charge in [-0.1, -0.05) is 0 Å². The van der Waals surface area contributed by atoms with E-state index in [2.05, 4.69) is 20.2 Å². The zero-order valence-electron chi connectivity index (χ0n) is 16.9. The number of anilines is 1. The number of rotatable bonds is 5. The first-order valence-electron chi connectivity index (χ1n) is 10.0. The molecule has 0 radical (unpaired) electrons. The smallest absolute Gasteiger partial charge is 0.416 e. The van der Waals surface area contributed by atoms with Gasteiger partial charge in [0.15, 0.2) is 5.58 Å². The lowest BCUT2D eigenvalue weighted by molar-refractivity contribution is -0.137. The SMILES string of the molecule is Cc1cc(C(F)(F)F)cc(O)c1-c1ccc2oc(N[C@@H]3CCCN(CCO)C3)nc2n1. The molecule has 0 unspecified atom stereocenters. The number of aryl methyl sites for hydroxylation is 1. The number of piperidine rings is 1. The first-order chi connectivity index (χ1) is 14.7. The minimum Gasteiger partial charge on any atom is -0.507 e. The second-order valence-electron chi connectivity index (χ2n) is 7.73. The molecule has 3 N–H and O–H groups in total. The van der Waals surface area contributed by atoms with Crippen molar-refractivity contribution in [3.05, 3.63) is 35.4 Å². The number of aliphatic hydroxyl groups excluding tert-OH is 1. The molecule has 1 aliphatic heterocycles. The molecule has 3 aromatic rings. The second kappa shape index (κ2) is 8.35. The number of phenolic OH excluding ortho intramolecular Hbond substituents is 1. The fourth-order valence-corrected chi connectivity index (χ4v) is 3.98. The minimum absolute atomic E-state index is 0.110. The average Bonchev–Trinajstić information content (AvgIpc) is 3.09. The van der Waals surface area contributed by atoms with E-state index in [1.54, 1.807) is 12.1 Å². The predicted molar refractivity (Wildman–Crippen MR) is 109 cm³/mol. The lowest BCUT2D eigenvalue weighted by atomic mass is 10.0. The number of fused-ring (bicyclic) bond motifs is 1. The van der Waals surface area contributed by atoms with Gasteiger partial charge < -0.3 is 19.9 Å². The van der Waals surface area contributed by atoms with Crippen LogP contribution < -0.4 is 5.32 Å². The Labute approximate surface area is 176 Å². The van der Waals surface area contributed by atoms with Gasteiger partial charge in [-0.15, -0.1) is 0 Å². The van der Waals surface area contributed by atoms with E-state index in [1.807, 2.05) is 0 Å². The van der Waals surface area contributed by atoms with Gasteiger partial charge in [-0.2, -0.15) is 18.2 Å². The van der Waals surface area contributed by atoms with Crippen LogP contribution in [0.3, 0.4) is 0 Å². The number of alkyl halides is 3. The first kappa shape index (κ1) is 21.4. The highest BCUT2D eigenvalue weighted by molar-refractivity contribution is 5.78.